The van der Waals surface area contributed by atoms with Gasteiger partial charge in [0.2, 0.25) is 0 Å². The fourth-order valence-electron chi connectivity index (χ4n) is 4.05. The lowest BCUT2D eigenvalue weighted by molar-refractivity contribution is -0.122. The van der Waals surface area contributed by atoms with E-state index in [2.05, 4.69) is 48.7 Å². The number of halogens is 1. The van der Waals surface area contributed by atoms with Crippen LogP contribution in [-0.4, -0.2) is 35.6 Å². The summed E-state index contributed by atoms with van der Waals surface area (Å²) in [5.41, 5.74) is 1.70. The molecule has 0 saturated carbocycles. The summed E-state index contributed by atoms with van der Waals surface area (Å²) >= 11 is 3.80. The van der Waals surface area contributed by atoms with Crippen molar-refractivity contribution in [2.24, 2.45) is 0 Å². The summed E-state index contributed by atoms with van der Waals surface area (Å²) in [5, 5.41) is 6.92. The Morgan fingerprint density at radius 2 is 1.90 bits per heavy atom. The van der Waals surface area contributed by atoms with Gasteiger partial charge in [0.05, 0.1) is 15.9 Å². The maximum Gasteiger partial charge on any atom is 0.329 e. The summed E-state index contributed by atoms with van der Waals surface area (Å²) in [7, 11) is 1.47. The summed E-state index contributed by atoms with van der Waals surface area (Å²) in [6, 6.07) is 14.8. The first kappa shape index (κ1) is 20.6. The van der Waals surface area contributed by atoms with Gasteiger partial charge in [-0.1, -0.05) is 35.5 Å². The zero-order valence-electron chi connectivity index (χ0n) is 16.3. The van der Waals surface area contributed by atoms with Crippen LogP contribution in [-0.2, 0) is 4.79 Å². The highest BCUT2D eigenvalue weighted by Gasteiger charge is 2.53. The number of nitrogens with one attached hydrogen (secondary N) is 1. The largest absolute Gasteiger partial charge is 0.348 e. The molecule has 3 heterocycles. The Labute approximate surface area is 200 Å². The maximum absolute atomic E-state index is 13.2. The molecule has 0 unspecified atom stereocenters. The molecular formula is C22H17IN4O2S2. The van der Waals surface area contributed by atoms with Gasteiger partial charge in [0, 0.05) is 39.9 Å². The molecule has 2 saturated heterocycles. The van der Waals surface area contributed by atoms with Crippen molar-refractivity contribution in [1.82, 2.24) is 10.3 Å². The van der Waals surface area contributed by atoms with E-state index >= 15 is 0 Å². The summed E-state index contributed by atoms with van der Waals surface area (Å²) in [5.74, 6) is 2.96. The number of para-hydroxylation sites is 1. The minimum atomic E-state index is -0.833. The highest BCUT2D eigenvalue weighted by atomic mass is 127. The Kier molecular flexibility index (Phi) is 5.54. The number of anilines is 2. The SMILES string of the molecule is O=C1NC2(CCN(c3nc4ccc(C#CSI)cc4s3)CC2)C(=O)N1c1ccccc1. The topological polar surface area (TPSA) is 65.5 Å². The highest BCUT2D eigenvalue weighted by Crippen LogP contribution is 2.36. The molecule has 31 heavy (non-hydrogen) atoms. The van der Waals surface area contributed by atoms with Crippen LogP contribution < -0.4 is 15.1 Å². The molecule has 1 aromatic heterocycles. The Morgan fingerprint density at radius 3 is 2.65 bits per heavy atom. The van der Waals surface area contributed by atoms with Gasteiger partial charge < -0.3 is 10.2 Å². The number of carbonyl (C=O) groups excluding carboxylic acids is 2. The van der Waals surface area contributed by atoms with Gasteiger partial charge >= 0.3 is 6.03 Å². The fraction of sp³-hybridized carbons (Fsp3) is 0.227. The Balaban J connectivity index is 1.33. The third-order valence-electron chi connectivity index (χ3n) is 5.67. The molecule has 0 atom stereocenters. The molecule has 0 aliphatic carbocycles. The lowest BCUT2D eigenvalue weighted by Crippen LogP contribution is -2.55. The van der Waals surface area contributed by atoms with Crippen LogP contribution in [0.25, 0.3) is 10.2 Å². The van der Waals surface area contributed by atoms with Crippen molar-refractivity contribution in [2.45, 2.75) is 18.4 Å². The van der Waals surface area contributed by atoms with Crippen molar-refractivity contribution in [2.75, 3.05) is 22.9 Å². The van der Waals surface area contributed by atoms with Crippen molar-refractivity contribution in [1.29, 1.82) is 0 Å². The minimum absolute atomic E-state index is 0.163. The lowest BCUT2D eigenvalue weighted by atomic mass is 9.87. The zero-order valence-corrected chi connectivity index (χ0v) is 20.1. The number of fused-ring (bicyclic) bond motifs is 1. The van der Waals surface area contributed by atoms with E-state index in [4.69, 9.17) is 4.98 Å². The molecular weight excluding hydrogens is 543 g/mol. The fourth-order valence-corrected chi connectivity index (χ4v) is 5.60. The Hall–Kier alpha value is -2.29. The molecule has 9 heteroatoms. The van der Waals surface area contributed by atoms with Gasteiger partial charge in [-0.15, -0.1) is 0 Å². The normalized spacial score (nSPS) is 17.7. The molecule has 156 valence electrons. The van der Waals surface area contributed by atoms with Crippen LogP contribution in [0.3, 0.4) is 0 Å². The van der Waals surface area contributed by atoms with Crippen LogP contribution in [0.4, 0.5) is 15.6 Å². The molecule has 2 fully saturated rings. The van der Waals surface area contributed by atoms with Gasteiger partial charge in [0.1, 0.15) is 5.54 Å². The number of nitrogens with zero attached hydrogens (tertiary/aromatic N) is 3. The summed E-state index contributed by atoms with van der Waals surface area (Å²) < 4.78 is 1.10. The van der Waals surface area contributed by atoms with E-state index in [1.165, 1.54) is 13.8 Å². The molecule has 0 bridgehead atoms. The van der Waals surface area contributed by atoms with Gasteiger partial charge in [0.25, 0.3) is 5.91 Å². The number of rotatable bonds is 2. The summed E-state index contributed by atoms with van der Waals surface area (Å²) in [4.78, 5) is 34.0. The zero-order chi connectivity index (χ0) is 21.4. The molecule has 5 rings (SSSR count). The average Bonchev–Trinajstić information content (AvgIpc) is 3.31. The quantitative estimate of drug-likeness (QED) is 0.278. The van der Waals surface area contributed by atoms with E-state index in [-0.39, 0.29) is 11.9 Å². The molecule has 3 aromatic rings. The maximum atomic E-state index is 13.2. The van der Waals surface area contributed by atoms with Gasteiger partial charge in [-0.25, -0.2) is 14.7 Å². The number of carbonyl (C=O) groups is 2. The first-order valence-electron chi connectivity index (χ1n) is 9.75. The van der Waals surface area contributed by atoms with E-state index in [1.807, 2.05) is 30.3 Å². The molecule has 1 N–H and O–H groups in total. The van der Waals surface area contributed by atoms with Crippen LogP contribution in [0.5, 0.6) is 0 Å². The number of benzene rings is 2. The monoisotopic (exact) mass is 560 g/mol. The van der Waals surface area contributed by atoms with Gasteiger partial charge in [-0.05, 0) is 57.4 Å². The van der Waals surface area contributed by atoms with E-state index in [9.17, 15) is 9.59 Å². The van der Waals surface area contributed by atoms with E-state index in [0.717, 1.165) is 20.9 Å². The van der Waals surface area contributed by atoms with Gasteiger partial charge in [0.15, 0.2) is 5.13 Å². The average molecular weight is 560 g/mol. The number of piperidine rings is 1. The number of urea groups is 1. The standard InChI is InChI=1S/C22H17IN4O2S2/c23-30-13-8-15-6-7-17-18(14-15)31-21(24-17)26-11-9-22(10-12-26)19(28)27(20(29)25-22)16-4-2-1-3-5-16/h1-7,14H,9-12H2,(H,25,29). The van der Waals surface area contributed by atoms with Crippen molar-refractivity contribution < 1.29 is 9.59 Å². The third kappa shape index (κ3) is 3.77. The van der Waals surface area contributed by atoms with Gasteiger partial charge in [-0.3, -0.25) is 4.79 Å². The second-order valence-electron chi connectivity index (χ2n) is 7.46. The Morgan fingerprint density at radius 1 is 1.13 bits per heavy atom. The van der Waals surface area contributed by atoms with Crippen LogP contribution in [0.15, 0.2) is 48.5 Å². The molecule has 2 aliphatic rings. The Bertz CT molecular complexity index is 1230. The van der Waals surface area contributed by atoms with E-state index in [1.54, 1.807) is 23.5 Å². The number of imide groups is 1. The van der Waals surface area contributed by atoms with Crippen molar-refractivity contribution >= 4 is 74.4 Å². The number of thiazole rings is 1. The molecule has 2 aliphatic heterocycles. The number of hydrogen-bond donors (Lipinski definition) is 1. The smallest absolute Gasteiger partial charge is 0.329 e. The van der Waals surface area contributed by atoms with E-state index in [0.29, 0.717) is 31.6 Å². The first-order chi connectivity index (χ1) is 15.1. The van der Waals surface area contributed by atoms with E-state index < -0.39 is 5.54 Å². The summed E-state index contributed by atoms with van der Waals surface area (Å²) in [6.07, 6.45) is 1.11. The van der Waals surface area contributed by atoms with Crippen LogP contribution >= 0.6 is 41.5 Å². The van der Waals surface area contributed by atoms with Crippen LogP contribution in [0.2, 0.25) is 0 Å². The number of amides is 3. The highest BCUT2D eigenvalue weighted by molar-refractivity contribution is 14.2. The molecule has 3 amide bonds. The number of hydrogen-bond acceptors (Lipinski definition) is 6. The van der Waals surface area contributed by atoms with Gasteiger partial charge in [-0.2, -0.15) is 0 Å². The minimum Gasteiger partial charge on any atom is -0.348 e. The molecule has 1 spiro atoms. The van der Waals surface area contributed by atoms with Crippen LogP contribution in [0, 0.1) is 11.2 Å². The lowest BCUT2D eigenvalue weighted by Gasteiger charge is -2.37. The van der Waals surface area contributed by atoms with Crippen molar-refractivity contribution in [3.8, 4) is 11.2 Å². The molecule has 6 nitrogen and oxygen atoms in total. The summed E-state index contributed by atoms with van der Waals surface area (Å²) in [6.45, 7) is 1.32. The number of aromatic nitrogens is 1. The predicted molar refractivity (Wildman–Crippen MR) is 135 cm³/mol. The van der Waals surface area contributed by atoms with Crippen molar-refractivity contribution in [3.05, 3.63) is 54.1 Å². The second kappa shape index (κ2) is 8.33. The second-order valence-corrected chi connectivity index (χ2v) is 10.1. The first-order valence-corrected chi connectivity index (χ1v) is 13.9. The van der Waals surface area contributed by atoms with Crippen molar-refractivity contribution in [3.63, 3.8) is 0 Å². The van der Waals surface area contributed by atoms with Crippen LogP contribution in [0.1, 0.15) is 18.4 Å². The molecule has 2 aromatic carbocycles. The molecule has 0 radical (unpaired) electrons. The predicted octanol–water partition coefficient (Wildman–Crippen LogP) is 4.78. The third-order valence-corrected chi connectivity index (χ3v) is 7.59.